The van der Waals surface area contributed by atoms with Gasteiger partial charge in [0.25, 0.3) is 0 Å². The quantitative estimate of drug-likeness (QED) is 0.813. The molecule has 0 saturated carbocycles. The van der Waals surface area contributed by atoms with Crippen molar-refractivity contribution >= 4 is 11.9 Å². The van der Waals surface area contributed by atoms with Crippen LogP contribution in [0.4, 0.5) is 0 Å². The van der Waals surface area contributed by atoms with Gasteiger partial charge < -0.3 is 19.3 Å². The van der Waals surface area contributed by atoms with Gasteiger partial charge in [0.15, 0.2) is 11.5 Å². The van der Waals surface area contributed by atoms with E-state index in [1.165, 1.54) is 14.2 Å². The molecule has 6 heteroatoms. The van der Waals surface area contributed by atoms with E-state index in [0.29, 0.717) is 17.1 Å². The Morgan fingerprint density at radius 3 is 2.18 bits per heavy atom. The van der Waals surface area contributed by atoms with Gasteiger partial charge in [0.05, 0.1) is 26.6 Å². The van der Waals surface area contributed by atoms with E-state index in [-0.39, 0.29) is 6.42 Å². The normalized spacial score (nSPS) is 12.4. The molecule has 1 rings (SSSR count). The SMILES string of the molecule is COc1ccc(C(CC(=O)OC(C)(C)C)C(=O)O)cc1OC. The molecule has 0 spiro atoms. The fraction of sp³-hybridized carbons (Fsp3) is 0.500. The van der Waals surface area contributed by atoms with Gasteiger partial charge in [-0.15, -0.1) is 0 Å². The molecule has 0 saturated heterocycles. The first-order chi connectivity index (χ1) is 10.2. The first-order valence-corrected chi connectivity index (χ1v) is 6.84. The van der Waals surface area contributed by atoms with Crippen LogP contribution in [0, 0.1) is 0 Å². The van der Waals surface area contributed by atoms with Crippen molar-refractivity contribution in [1.29, 1.82) is 0 Å². The number of aliphatic carboxylic acids is 1. The lowest BCUT2D eigenvalue weighted by Crippen LogP contribution is -2.26. The van der Waals surface area contributed by atoms with E-state index in [1.54, 1.807) is 39.0 Å². The molecule has 0 aliphatic rings. The number of hydrogen-bond acceptors (Lipinski definition) is 5. The third kappa shape index (κ3) is 4.95. The van der Waals surface area contributed by atoms with Gasteiger partial charge in [-0.25, -0.2) is 0 Å². The van der Waals surface area contributed by atoms with Crippen LogP contribution < -0.4 is 9.47 Å². The number of carboxylic acids is 1. The van der Waals surface area contributed by atoms with Crippen LogP contribution in [0.1, 0.15) is 38.7 Å². The maximum absolute atomic E-state index is 11.9. The summed E-state index contributed by atoms with van der Waals surface area (Å²) in [5, 5.41) is 9.38. The van der Waals surface area contributed by atoms with E-state index in [9.17, 15) is 14.7 Å². The van der Waals surface area contributed by atoms with Crippen molar-refractivity contribution in [1.82, 2.24) is 0 Å². The highest BCUT2D eigenvalue weighted by Gasteiger charge is 2.27. The zero-order valence-electron chi connectivity index (χ0n) is 13.5. The average molecular weight is 310 g/mol. The van der Waals surface area contributed by atoms with Gasteiger partial charge in [-0.3, -0.25) is 9.59 Å². The van der Waals surface area contributed by atoms with Crippen LogP contribution >= 0.6 is 0 Å². The van der Waals surface area contributed by atoms with Gasteiger partial charge in [0, 0.05) is 0 Å². The minimum atomic E-state index is -1.10. The fourth-order valence-electron chi connectivity index (χ4n) is 1.97. The standard InChI is InChI=1S/C16H22O6/c1-16(2,3)22-14(17)9-11(15(18)19)10-6-7-12(20-4)13(8-10)21-5/h6-8,11H,9H2,1-5H3,(H,18,19). The molecule has 0 radical (unpaired) electrons. The summed E-state index contributed by atoms with van der Waals surface area (Å²) in [5.41, 5.74) is -0.200. The summed E-state index contributed by atoms with van der Waals surface area (Å²) >= 11 is 0. The second kappa shape index (κ2) is 7.15. The Labute approximate surface area is 130 Å². The van der Waals surface area contributed by atoms with Crippen LogP contribution in [0.15, 0.2) is 18.2 Å². The number of carboxylic acid groups (broad SMARTS) is 1. The number of carbonyl (C=O) groups excluding carboxylic acids is 1. The lowest BCUT2D eigenvalue weighted by atomic mass is 9.95. The summed E-state index contributed by atoms with van der Waals surface area (Å²) in [6, 6.07) is 4.77. The summed E-state index contributed by atoms with van der Waals surface area (Å²) in [4.78, 5) is 23.4. The van der Waals surface area contributed by atoms with Gasteiger partial charge >= 0.3 is 11.9 Å². The molecule has 1 aromatic rings. The monoisotopic (exact) mass is 310 g/mol. The summed E-state index contributed by atoms with van der Waals surface area (Å²) in [7, 11) is 2.96. The largest absolute Gasteiger partial charge is 0.493 e. The lowest BCUT2D eigenvalue weighted by molar-refractivity contribution is -0.158. The number of carbonyl (C=O) groups is 2. The van der Waals surface area contributed by atoms with Crippen molar-refractivity contribution in [3.05, 3.63) is 23.8 Å². The van der Waals surface area contributed by atoms with E-state index < -0.39 is 23.5 Å². The molecule has 0 fully saturated rings. The highest BCUT2D eigenvalue weighted by atomic mass is 16.6. The molecular weight excluding hydrogens is 288 g/mol. The average Bonchev–Trinajstić information content (AvgIpc) is 2.41. The number of rotatable bonds is 6. The maximum atomic E-state index is 11.9. The third-order valence-corrected chi connectivity index (χ3v) is 2.90. The topological polar surface area (TPSA) is 82.1 Å². The molecule has 0 aliphatic heterocycles. The van der Waals surface area contributed by atoms with E-state index in [4.69, 9.17) is 14.2 Å². The number of ether oxygens (including phenoxy) is 3. The minimum absolute atomic E-state index is 0.248. The zero-order chi connectivity index (χ0) is 16.9. The van der Waals surface area contributed by atoms with Gasteiger partial charge in [-0.2, -0.15) is 0 Å². The molecule has 0 aliphatic carbocycles. The molecule has 1 aromatic carbocycles. The van der Waals surface area contributed by atoms with Gasteiger partial charge in [0.1, 0.15) is 5.60 Å². The molecule has 1 N–H and O–H groups in total. The highest BCUT2D eigenvalue weighted by molar-refractivity contribution is 5.83. The van der Waals surface area contributed by atoms with Crippen molar-refractivity contribution in [3.8, 4) is 11.5 Å². The van der Waals surface area contributed by atoms with Crippen molar-refractivity contribution < 1.29 is 28.9 Å². The van der Waals surface area contributed by atoms with Crippen LogP contribution in [0.3, 0.4) is 0 Å². The summed E-state index contributed by atoms with van der Waals surface area (Å²) in [5.74, 6) is -1.76. The molecule has 0 aromatic heterocycles. The van der Waals surface area contributed by atoms with Crippen LogP contribution in [0.5, 0.6) is 11.5 Å². The molecular formula is C16H22O6. The highest BCUT2D eigenvalue weighted by Crippen LogP contribution is 2.32. The van der Waals surface area contributed by atoms with Crippen LogP contribution in [0.2, 0.25) is 0 Å². The van der Waals surface area contributed by atoms with E-state index >= 15 is 0 Å². The second-order valence-electron chi connectivity index (χ2n) is 5.80. The summed E-state index contributed by atoms with van der Waals surface area (Å²) in [6.45, 7) is 5.20. The number of hydrogen-bond donors (Lipinski definition) is 1. The molecule has 6 nitrogen and oxygen atoms in total. The van der Waals surface area contributed by atoms with Crippen LogP contribution in [-0.4, -0.2) is 36.9 Å². The lowest BCUT2D eigenvalue weighted by Gasteiger charge is -2.21. The predicted molar refractivity (Wildman–Crippen MR) is 80.4 cm³/mol. The Morgan fingerprint density at radius 2 is 1.73 bits per heavy atom. The number of methoxy groups -OCH3 is 2. The molecule has 1 unspecified atom stereocenters. The molecule has 0 amide bonds. The first kappa shape index (κ1) is 17.8. The maximum Gasteiger partial charge on any atom is 0.311 e. The Morgan fingerprint density at radius 1 is 1.14 bits per heavy atom. The predicted octanol–water partition coefficient (Wildman–Crippen LogP) is 2.60. The number of benzene rings is 1. The van der Waals surface area contributed by atoms with Crippen molar-refractivity contribution in [2.75, 3.05) is 14.2 Å². The fourth-order valence-corrected chi connectivity index (χ4v) is 1.97. The van der Waals surface area contributed by atoms with Gasteiger partial charge in [-0.05, 0) is 38.5 Å². The minimum Gasteiger partial charge on any atom is -0.493 e. The Bertz CT molecular complexity index is 544. The van der Waals surface area contributed by atoms with Gasteiger partial charge in [0.2, 0.25) is 0 Å². The van der Waals surface area contributed by atoms with E-state index in [0.717, 1.165) is 0 Å². The number of esters is 1. The first-order valence-electron chi connectivity index (χ1n) is 6.84. The van der Waals surface area contributed by atoms with Crippen molar-refractivity contribution in [3.63, 3.8) is 0 Å². The summed E-state index contributed by atoms with van der Waals surface area (Å²) < 4.78 is 15.5. The Balaban J connectivity index is 3.01. The smallest absolute Gasteiger partial charge is 0.311 e. The zero-order valence-corrected chi connectivity index (χ0v) is 13.5. The molecule has 0 heterocycles. The van der Waals surface area contributed by atoms with Crippen LogP contribution in [0.25, 0.3) is 0 Å². The molecule has 0 bridgehead atoms. The molecule has 22 heavy (non-hydrogen) atoms. The molecule has 1 atom stereocenters. The van der Waals surface area contributed by atoms with Crippen LogP contribution in [-0.2, 0) is 14.3 Å². The Kier molecular flexibility index (Phi) is 5.79. The third-order valence-electron chi connectivity index (χ3n) is 2.90. The summed E-state index contributed by atoms with van der Waals surface area (Å²) in [6.07, 6.45) is -0.248. The van der Waals surface area contributed by atoms with Gasteiger partial charge in [-0.1, -0.05) is 6.07 Å². The van der Waals surface area contributed by atoms with Crippen molar-refractivity contribution in [2.45, 2.75) is 38.7 Å². The van der Waals surface area contributed by atoms with E-state index in [1.807, 2.05) is 0 Å². The molecule has 122 valence electrons. The van der Waals surface area contributed by atoms with Crippen molar-refractivity contribution in [2.24, 2.45) is 0 Å². The second-order valence-corrected chi connectivity index (χ2v) is 5.80. The Hall–Kier alpha value is -2.24. The van der Waals surface area contributed by atoms with E-state index in [2.05, 4.69) is 0 Å².